The van der Waals surface area contributed by atoms with Gasteiger partial charge in [0.1, 0.15) is 5.75 Å². The number of piperidine rings is 1. The van der Waals surface area contributed by atoms with Crippen LogP contribution in [-0.2, 0) is 9.59 Å². The average molecular weight is 348 g/mol. The molecule has 7 heteroatoms. The predicted molar refractivity (Wildman–Crippen MR) is 90.8 cm³/mol. The van der Waals surface area contributed by atoms with Crippen molar-refractivity contribution in [2.45, 2.75) is 31.9 Å². The average Bonchev–Trinajstić information content (AvgIpc) is 2.94. The molecule has 128 valence electrons. The standard InChI is InChI=1S/C17H20N2O4S/c1-12(23-14-5-3-2-4-6-14)16(21)18-9-7-13(8-10-18)19-15(20)11-24-17(19)22/h2-6,12-13H,7-11H2,1H3. The van der Waals surface area contributed by atoms with Crippen molar-refractivity contribution in [1.82, 2.24) is 9.80 Å². The molecule has 3 rings (SSSR count). The number of amides is 3. The van der Waals surface area contributed by atoms with E-state index in [0.717, 1.165) is 11.8 Å². The van der Waals surface area contributed by atoms with E-state index in [4.69, 9.17) is 4.74 Å². The van der Waals surface area contributed by atoms with Crippen molar-refractivity contribution in [1.29, 1.82) is 0 Å². The summed E-state index contributed by atoms with van der Waals surface area (Å²) in [5.41, 5.74) is 0. The first kappa shape index (κ1) is 16.8. The molecule has 1 atom stereocenters. The monoisotopic (exact) mass is 348 g/mol. The van der Waals surface area contributed by atoms with Gasteiger partial charge in [-0.2, -0.15) is 0 Å². The molecule has 2 fully saturated rings. The fraction of sp³-hybridized carbons (Fsp3) is 0.471. The summed E-state index contributed by atoms with van der Waals surface area (Å²) in [5, 5.41) is -0.162. The van der Waals surface area contributed by atoms with Crippen LogP contribution in [0, 0.1) is 0 Å². The maximum atomic E-state index is 12.5. The summed E-state index contributed by atoms with van der Waals surface area (Å²) < 4.78 is 5.68. The molecule has 3 amide bonds. The van der Waals surface area contributed by atoms with Crippen LogP contribution in [0.1, 0.15) is 19.8 Å². The Bertz CT molecular complexity index is 613. The van der Waals surface area contributed by atoms with Gasteiger partial charge in [-0.3, -0.25) is 19.3 Å². The van der Waals surface area contributed by atoms with E-state index in [1.165, 1.54) is 4.90 Å². The lowest BCUT2D eigenvalue weighted by Crippen LogP contribution is -2.50. The third-order valence-electron chi connectivity index (χ3n) is 4.33. The van der Waals surface area contributed by atoms with Gasteiger partial charge in [0, 0.05) is 19.1 Å². The second-order valence-electron chi connectivity index (χ2n) is 5.95. The highest BCUT2D eigenvalue weighted by molar-refractivity contribution is 8.14. The van der Waals surface area contributed by atoms with E-state index in [9.17, 15) is 14.4 Å². The molecule has 2 saturated heterocycles. The molecule has 1 aromatic rings. The van der Waals surface area contributed by atoms with Crippen LogP contribution in [0.2, 0.25) is 0 Å². The van der Waals surface area contributed by atoms with Crippen LogP contribution in [0.3, 0.4) is 0 Å². The SMILES string of the molecule is CC(Oc1ccccc1)C(=O)N1CCC(N2C(=O)CSC2=O)CC1. The number of benzene rings is 1. The number of rotatable bonds is 4. The number of hydrogen-bond acceptors (Lipinski definition) is 5. The molecular formula is C17H20N2O4S. The third kappa shape index (κ3) is 3.56. The molecule has 1 aromatic carbocycles. The summed E-state index contributed by atoms with van der Waals surface area (Å²) in [6, 6.07) is 9.16. The number of likely N-dealkylation sites (tertiary alicyclic amines) is 1. The van der Waals surface area contributed by atoms with Crippen molar-refractivity contribution in [2.75, 3.05) is 18.8 Å². The van der Waals surface area contributed by atoms with E-state index in [1.54, 1.807) is 11.8 Å². The third-order valence-corrected chi connectivity index (χ3v) is 5.16. The summed E-state index contributed by atoms with van der Waals surface area (Å²) in [6.45, 7) is 2.81. The van der Waals surface area contributed by atoms with E-state index >= 15 is 0 Å². The Kier molecular flexibility index (Phi) is 5.08. The Labute approximate surface area is 145 Å². The van der Waals surface area contributed by atoms with Crippen LogP contribution < -0.4 is 4.74 Å². The smallest absolute Gasteiger partial charge is 0.289 e. The fourth-order valence-corrected chi connectivity index (χ4v) is 3.85. The highest BCUT2D eigenvalue weighted by Gasteiger charge is 2.38. The van der Waals surface area contributed by atoms with Gasteiger partial charge in [-0.15, -0.1) is 0 Å². The lowest BCUT2D eigenvalue weighted by Gasteiger charge is -2.36. The van der Waals surface area contributed by atoms with E-state index in [0.29, 0.717) is 31.7 Å². The van der Waals surface area contributed by atoms with Gasteiger partial charge in [-0.05, 0) is 31.9 Å². The van der Waals surface area contributed by atoms with Gasteiger partial charge < -0.3 is 9.64 Å². The zero-order chi connectivity index (χ0) is 17.1. The van der Waals surface area contributed by atoms with E-state index in [-0.39, 0.29) is 28.8 Å². The second kappa shape index (κ2) is 7.25. The van der Waals surface area contributed by atoms with E-state index < -0.39 is 6.10 Å². The van der Waals surface area contributed by atoms with Gasteiger partial charge in [0.15, 0.2) is 6.10 Å². The molecule has 0 aromatic heterocycles. The predicted octanol–water partition coefficient (Wildman–Crippen LogP) is 2.14. The topological polar surface area (TPSA) is 66.9 Å². The van der Waals surface area contributed by atoms with Gasteiger partial charge in [0.25, 0.3) is 11.1 Å². The van der Waals surface area contributed by atoms with Gasteiger partial charge in [0.05, 0.1) is 5.75 Å². The summed E-state index contributed by atoms with van der Waals surface area (Å²) in [6.07, 6.45) is 0.693. The van der Waals surface area contributed by atoms with E-state index in [2.05, 4.69) is 0 Å². The Morgan fingerprint density at radius 3 is 2.46 bits per heavy atom. The molecule has 0 N–H and O–H groups in total. The lowest BCUT2D eigenvalue weighted by atomic mass is 10.0. The minimum Gasteiger partial charge on any atom is -0.481 e. The summed E-state index contributed by atoms with van der Waals surface area (Å²) in [7, 11) is 0. The molecule has 6 nitrogen and oxygen atoms in total. The van der Waals surface area contributed by atoms with Gasteiger partial charge in [-0.25, -0.2) is 0 Å². The van der Waals surface area contributed by atoms with Crippen LogP contribution in [0.5, 0.6) is 5.75 Å². The van der Waals surface area contributed by atoms with Crippen molar-refractivity contribution in [3.63, 3.8) is 0 Å². The van der Waals surface area contributed by atoms with Gasteiger partial charge in [0.2, 0.25) is 5.91 Å². The zero-order valence-corrected chi connectivity index (χ0v) is 14.3. The summed E-state index contributed by atoms with van der Waals surface area (Å²) in [4.78, 5) is 39.2. The Morgan fingerprint density at radius 1 is 1.21 bits per heavy atom. The largest absolute Gasteiger partial charge is 0.481 e. The molecule has 0 radical (unpaired) electrons. The maximum absolute atomic E-state index is 12.5. The van der Waals surface area contributed by atoms with Crippen molar-refractivity contribution < 1.29 is 19.1 Å². The fourth-order valence-electron chi connectivity index (χ4n) is 3.07. The van der Waals surface area contributed by atoms with Crippen LogP contribution >= 0.6 is 11.8 Å². The molecule has 0 bridgehead atoms. The zero-order valence-electron chi connectivity index (χ0n) is 13.5. The molecule has 0 aliphatic carbocycles. The van der Waals surface area contributed by atoms with Crippen LogP contribution in [0.25, 0.3) is 0 Å². The first-order valence-corrected chi connectivity index (χ1v) is 9.04. The number of carbonyl (C=O) groups excluding carboxylic acids is 3. The van der Waals surface area contributed by atoms with Crippen molar-refractivity contribution in [2.24, 2.45) is 0 Å². The number of imide groups is 1. The number of carbonyl (C=O) groups is 3. The van der Waals surface area contributed by atoms with Gasteiger partial charge in [-0.1, -0.05) is 30.0 Å². The number of thioether (sulfide) groups is 1. The number of nitrogens with zero attached hydrogens (tertiary/aromatic N) is 2. The van der Waals surface area contributed by atoms with E-state index in [1.807, 2.05) is 30.3 Å². The van der Waals surface area contributed by atoms with Crippen molar-refractivity contribution in [3.8, 4) is 5.75 Å². The van der Waals surface area contributed by atoms with Crippen LogP contribution in [0.4, 0.5) is 4.79 Å². The molecule has 2 aliphatic heterocycles. The molecule has 0 spiro atoms. The van der Waals surface area contributed by atoms with Crippen molar-refractivity contribution >= 4 is 28.8 Å². The van der Waals surface area contributed by atoms with Crippen LogP contribution in [-0.4, -0.2) is 57.8 Å². The van der Waals surface area contributed by atoms with Gasteiger partial charge >= 0.3 is 0 Å². The molecule has 2 heterocycles. The second-order valence-corrected chi connectivity index (χ2v) is 6.87. The molecule has 1 unspecified atom stereocenters. The minimum atomic E-state index is -0.561. The Morgan fingerprint density at radius 2 is 1.88 bits per heavy atom. The lowest BCUT2D eigenvalue weighted by molar-refractivity contribution is -0.139. The molecule has 2 aliphatic rings. The normalized spacial score (nSPS) is 20.4. The number of para-hydroxylation sites is 1. The van der Waals surface area contributed by atoms with Crippen LogP contribution in [0.15, 0.2) is 30.3 Å². The number of hydrogen-bond donors (Lipinski definition) is 0. The number of ether oxygens (including phenoxy) is 1. The summed E-state index contributed by atoms with van der Waals surface area (Å²) >= 11 is 1.06. The minimum absolute atomic E-state index is 0.0641. The van der Waals surface area contributed by atoms with Crippen molar-refractivity contribution in [3.05, 3.63) is 30.3 Å². The maximum Gasteiger partial charge on any atom is 0.289 e. The molecule has 24 heavy (non-hydrogen) atoms. The molecule has 0 saturated carbocycles. The molecular weight excluding hydrogens is 328 g/mol. The first-order valence-electron chi connectivity index (χ1n) is 8.05. The highest BCUT2D eigenvalue weighted by Crippen LogP contribution is 2.27. The Hall–Kier alpha value is -2.02. The first-order chi connectivity index (χ1) is 11.6. The highest BCUT2D eigenvalue weighted by atomic mass is 32.2. The Balaban J connectivity index is 1.53. The summed E-state index contributed by atoms with van der Waals surface area (Å²) in [5.74, 6) is 0.722. The quantitative estimate of drug-likeness (QED) is 0.834.